The molecular weight excluding hydrogens is 240 g/mol. The van der Waals surface area contributed by atoms with E-state index in [0.717, 1.165) is 36.4 Å². The van der Waals surface area contributed by atoms with E-state index in [-0.39, 0.29) is 0 Å². The molecule has 0 N–H and O–H groups in total. The molecule has 0 fully saturated rings. The van der Waals surface area contributed by atoms with Gasteiger partial charge in [-0.2, -0.15) is 0 Å². The average molecular weight is 257 g/mol. The maximum absolute atomic E-state index is 4.45. The highest BCUT2D eigenvalue weighted by molar-refractivity contribution is 9.10. The zero-order chi connectivity index (χ0) is 10.4. The lowest BCUT2D eigenvalue weighted by Crippen LogP contribution is -2.25. The maximum Gasteiger partial charge on any atom is 0.129 e. The van der Waals surface area contributed by atoms with Gasteiger partial charge in [-0.25, -0.2) is 4.98 Å². The van der Waals surface area contributed by atoms with E-state index in [1.54, 1.807) is 0 Å². The molecule has 0 unspecified atom stereocenters. The van der Waals surface area contributed by atoms with E-state index in [1.807, 2.05) is 12.1 Å². The number of nitrogens with zero attached hydrogens (tertiary/aromatic N) is 2. The Labute approximate surface area is 94.5 Å². The number of hydrogen-bond acceptors (Lipinski definition) is 2. The first-order valence-corrected chi connectivity index (χ1v) is 5.94. The lowest BCUT2D eigenvalue weighted by molar-refractivity contribution is 0.733. The molecule has 0 saturated carbocycles. The van der Waals surface area contributed by atoms with Crippen molar-refractivity contribution >= 4 is 21.7 Å². The second-order valence-electron chi connectivity index (χ2n) is 3.31. The molecule has 1 rings (SSSR count). The van der Waals surface area contributed by atoms with Crippen LogP contribution in [0.15, 0.2) is 22.8 Å². The normalized spacial score (nSPS) is 10.2. The van der Waals surface area contributed by atoms with E-state index >= 15 is 0 Å². The summed E-state index contributed by atoms with van der Waals surface area (Å²) in [7, 11) is 0. The van der Waals surface area contributed by atoms with Gasteiger partial charge in [-0.05, 0) is 40.9 Å². The summed E-state index contributed by atoms with van der Waals surface area (Å²) in [5, 5.41) is 0. The molecule has 14 heavy (non-hydrogen) atoms. The SMILES string of the molecule is CCCN(CCC)c1cccc(Br)n1. The highest BCUT2D eigenvalue weighted by Gasteiger charge is 2.05. The topological polar surface area (TPSA) is 16.1 Å². The van der Waals surface area contributed by atoms with Crippen LogP contribution in [0.3, 0.4) is 0 Å². The van der Waals surface area contributed by atoms with Gasteiger partial charge in [0, 0.05) is 13.1 Å². The molecule has 0 spiro atoms. The summed E-state index contributed by atoms with van der Waals surface area (Å²) in [6.07, 6.45) is 2.32. The van der Waals surface area contributed by atoms with Gasteiger partial charge in [0.1, 0.15) is 10.4 Å². The molecule has 1 heterocycles. The minimum absolute atomic E-state index is 0.909. The predicted molar refractivity (Wildman–Crippen MR) is 64.7 cm³/mol. The summed E-state index contributed by atoms with van der Waals surface area (Å²) in [5.74, 6) is 1.07. The Morgan fingerprint density at radius 2 is 1.86 bits per heavy atom. The molecule has 1 aromatic rings. The molecule has 0 amide bonds. The molecule has 1 aromatic heterocycles. The van der Waals surface area contributed by atoms with E-state index in [9.17, 15) is 0 Å². The van der Waals surface area contributed by atoms with Crippen molar-refractivity contribution in [3.63, 3.8) is 0 Å². The van der Waals surface area contributed by atoms with Gasteiger partial charge in [0.2, 0.25) is 0 Å². The van der Waals surface area contributed by atoms with Crippen LogP contribution in [0.25, 0.3) is 0 Å². The fourth-order valence-electron chi connectivity index (χ4n) is 1.45. The van der Waals surface area contributed by atoms with E-state index < -0.39 is 0 Å². The van der Waals surface area contributed by atoms with Crippen LogP contribution >= 0.6 is 15.9 Å². The Balaban J connectivity index is 2.75. The largest absolute Gasteiger partial charge is 0.357 e. The Kier molecular flexibility index (Phi) is 4.94. The molecule has 3 heteroatoms. The van der Waals surface area contributed by atoms with Crippen LogP contribution in [0, 0.1) is 0 Å². The minimum atomic E-state index is 0.909. The van der Waals surface area contributed by atoms with Gasteiger partial charge in [-0.3, -0.25) is 0 Å². The van der Waals surface area contributed by atoms with Crippen molar-refractivity contribution in [1.29, 1.82) is 0 Å². The van der Waals surface area contributed by atoms with Gasteiger partial charge >= 0.3 is 0 Å². The molecule has 78 valence electrons. The second kappa shape index (κ2) is 6.02. The van der Waals surface area contributed by atoms with Crippen molar-refractivity contribution < 1.29 is 0 Å². The first-order valence-electron chi connectivity index (χ1n) is 5.15. The third-order valence-corrected chi connectivity index (χ3v) is 2.45. The van der Waals surface area contributed by atoms with Crippen molar-refractivity contribution in [3.8, 4) is 0 Å². The number of halogens is 1. The molecular formula is C11H17BrN2. The van der Waals surface area contributed by atoms with Gasteiger partial charge in [-0.1, -0.05) is 19.9 Å². The molecule has 0 saturated heterocycles. The Hall–Kier alpha value is -0.570. The van der Waals surface area contributed by atoms with E-state index in [4.69, 9.17) is 0 Å². The summed E-state index contributed by atoms with van der Waals surface area (Å²) in [4.78, 5) is 6.78. The number of anilines is 1. The van der Waals surface area contributed by atoms with Crippen molar-refractivity contribution in [3.05, 3.63) is 22.8 Å². The van der Waals surface area contributed by atoms with Crippen LogP contribution in [0.2, 0.25) is 0 Å². The smallest absolute Gasteiger partial charge is 0.129 e. The lowest BCUT2D eigenvalue weighted by Gasteiger charge is -2.22. The molecule has 0 aliphatic carbocycles. The monoisotopic (exact) mass is 256 g/mol. The van der Waals surface area contributed by atoms with Crippen LogP contribution in [-0.2, 0) is 0 Å². The standard InChI is InChI=1S/C11H17BrN2/c1-3-8-14(9-4-2)11-7-5-6-10(12)13-11/h5-7H,3-4,8-9H2,1-2H3. The molecule has 0 atom stereocenters. The van der Waals surface area contributed by atoms with Gasteiger partial charge in [0.15, 0.2) is 0 Å². The maximum atomic E-state index is 4.45. The Bertz CT molecular complexity index is 270. The second-order valence-corrected chi connectivity index (χ2v) is 4.12. The quantitative estimate of drug-likeness (QED) is 0.751. The zero-order valence-corrected chi connectivity index (χ0v) is 10.4. The summed E-state index contributed by atoms with van der Waals surface area (Å²) in [5.41, 5.74) is 0. The molecule has 0 aliphatic rings. The number of pyridine rings is 1. The van der Waals surface area contributed by atoms with Crippen LogP contribution in [0.1, 0.15) is 26.7 Å². The highest BCUT2D eigenvalue weighted by atomic mass is 79.9. The van der Waals surface area contributed by atoms with Crippen LogP contribution in [-0.4, -0.2) is 18.1 Å². The number of aromatic nitrogens is 1. The Morgan fingerprint density at radius 3 is 2.36 bits per heavy atom. The summed E-state index contributed by atoms with van der Waals surface area (Å²) < 4.78 is 0.909. The fourth-order valence-corrected chi connectivity index (χ4v) is 1.79. The fraction of sp³-hybridized carbons (Fsp3) is 0.545. The summed E-state index contributed by atoms with van der Waals surface area (Å²) in [6, 6.07) is 6.06. The average Bonchev–Trinajstić information content (AvgIpc) is 2.17. The van der Waals surface area contributed by atoms with Crippen molar-refractivity contribution in [2.45, 2.75) is 26.7 Å². The summed E-state index contributed by atoms with van der Waals surface area (Å²) in [6.45, 7) is 6.55. The van der Waals surface area contributed by atoms with Gasteiger partial charge < -0.3 is 4.90 Å². The Morgan fingerprint density at radius 1 is 1.21 bits per heavy atom. The van der Waals surface area contributed by atoms with Gasteiger partial charge in [0.05, 0.1) is 0 Å². The van der Waals surface area contributed by atoms with Crippen LogP contribution < -0.4 is 4.90 Å². The first kappa shape index (κ1) is 11.5. The third kappa shape index (κ3) is 3.29. The van der Waals surface area contributed by atoms with Gasteiger partial charge in [0.25, 0.3) is 0 Å². The molecule has 2 nitrogen and oxygen atoms in total. The first-order chi connectivity index (χ1) is 6.77. The predicted octanol–water partition coefficient (Wildman–Crippen LogP) is 3.47. The lowest BCUT2D eigenvalue weighted by atomic mass is 10.3. The van der Waals surface area contributed by atoms with E-state index in [0.29, 0.717) is 0 Å². The third-order valence-electron chi connectivity index (χ3n) is 2.01. The van der Waals surface area contributed by atoms with E-state index in [1.165, 1.54) is 0 Å². The van der Waals surface area contributed by atoms with Crippen LogP contribution in [0.4, 0.5) is 5.82 Å². The highest BCUT2D eigenvalue weighted by Crippen LogP contribution is 2.15. The van der Waals surface area contributed by atoms with Crippen molar-refractivity contribution in [1.82, 2.24) is 4.98 Å². The molecule has 0 aliphatic heterocycles. The van der Waals surface area contributed by atoms with Crippen LogP contribution in [0.5, 0.6) is 0 Å². The zero-order valence-electron chi connectivity index (χ0n) is 8.83. The van der Waals surface area contributed by atoms with Crippen molar-refractivity contribution in [2.75, 3.05) is 18.0 Å². The number of rotatable bonds is 5. The molecule has 0 bridgehead atoms. The summed E-state index contributed by atoms with van der Waals surface area (Å²) >= 11 is 3.39. The van der Waals surface area contributed by atoms with Crippen molar-refractivity contribution in [2.24, 2.45) is 0 Å². The molecule has 0 radical (unpaired) electrons. The van der Waals surface area contributed by atoms with E-state index in [2.05, 4.69) is 45.7 Å². The van der Waals surface area contributed by atoms with Gasteiger partial charge in [-0.15, -0.1) is 0 Å². The molecule has 0 aromatic carbocycles. The number of hydrogen-bond donors (Lipinski definition) is 0. The minimum Gasteiger partial charge on any atom is -0.357 e.